The summed E-state index contributed by atoms with van der Waals surface area (Å²) in [6, 6.07) is 0. The predicted molar refractivity (Wildman–Crippen MR) is 68.5 cm³/mol. The Bertz CT molecular complexity index is 306. The van der Waals surface area contributed by atoms with Crippen molar-refractivity contribution in [1.82, 2.24) is 0 Å². The van der Waals surface area contributed by atoms with Gasteiger partial charge >= 0.3 is 5.97 Å². The maximum Gasteiger partial charge on any atom is 0.305 e. The van der Waals surface area contributed by atoms with E-state index in [1.54, 1.807) is 0 Å². The van der Waals surface area contributed by atoms with Crippen LogP contribution in [0.2, 0.25) is 0 Å². The van der Waals surface area contributed by atoms with Crippen LogP contribution in [0, 0.1) is 11.8 Å². The Morgan fingerprint density at radius 2 is 2.16 bits per heavy atom. The maximum absolute atomic E-state index is 11.0. The highest BCUT2D eigenvalue weighted by Gasteiger charge is 2.48. The molecule has 1 saturated carbocycles. The number of ether oxygens (including phenoxy) is 2. The second kappa shape index (κ2) is 6.68. The molecule has 0 aromatic rings. The van der Waals surface area contributed by atoms with E-state index in [0.29, 0.717) is 18.8 Å². The number of hydrogen-bond acceptors (Lipinski definition) is 5. The lowest BCUT2D eigenvalue weighted by atomic mass is 9.90. The lowest BCUT2D eigenvalue weighted by molar-refractivity contribution is -0.140. The quantitative estimate of drug-likeness (QED) is 0.554. The van der Waals surface area contributed by atoms with E-state index >= 15 is 0 Å². The van der Waals surface area contributed by atoms with Gasteiger partial charge in [0, 0.05) is 25.4 Å². The topological polar surface area (TPSA) is 76.0 Å². The normalized spacial score (nSPS) is 37.3. The molecular formula is C14H24O5. The van der Waals surface area contributed by atoms with E-state index < -0.39 is 6.10 Å². The van der Waals surface area contributed by atoms with Crippen LogP contribution in [0.4, 0.5) is 0 Å². The molecule has 5 unspecified atom stereocenters. The maximum atomic E-state index is 11.0. The molecule has 1 aliphatic heterocycles. The predicted octanol–water partition coefficient (Wildman–Crippen LogP) is 0.867. The number of carbonyl (C=O) groups excluding carboxylic acids is 1. The summed E-state index contributed by atoms with van der Waals surface area (Å²) in [5, 5.41) is 19.1. The lowest BCUT2D eigenvalue weighted by Crippen LogP contribution is -2.24. The summed E-state index contributed by atoms with van der Waals surface area (Å²) in [6.07, 6.45) is 4.66. The molecule has 2 N–H and O–H groups in total. The van der Waals surface area contributed by atoms with Gasteiger partial charge in [-0.2, -0.15) is 0 Å². The Kier molecular flexibility index (Phi) is 5.19. The molecule has 0 spiro atoms. The third-order valence-corrected chi connectivity index (χ3v) is 4.49. The molecule has 2 aliphatic rings. The van der Waals surface area contributed by atoms with E-state index in [1.807, 2.05) is 0 Å². The van der Waals surface area contributed by atoms with E-state index in [1.165, 1.54) is 7.11 Å². The highest BCUT2D eigenvalue weighted by atomic mass is 16.5. The summed E-state index contributed by atoms with van der Waals surface area (Å²) in [5.41, 5.74) is 0. The zero-order chi connectivity index (χ0) is 13.8. The molecule has 5 heteroatoms. The van der Waals surface area contributed by atoms with Crippen LogP contribution in [-0.2, 0) is 14.3 Å². The first kappa shape index (κ1) is 14.8. The number of carbonyl (C=O) groups is 1. The summed E-state index contributed by atoms with van der Waals surface area (Å²) < 4.78 is 10.5. The standard InChI is InChI=1S/C14H24O5/c1-18-14(17)5-3-2-4-9-6-10-11(8-15)12(16)7-13(10)19-9/h9-13,15-16H,2-8H2,1H3. The molecule has 2 fully saturated rings. The van der Waals surface area contributed by atoms with E-state index in [-0.39, 0.29) is 30.7 Å². The smallest absolute Gasteiger partial charge is 0.305 e. The van der Waals surface area contributed by atoms with Crippen LogP contribution in [0.25, 0.3) is 0 Å². The van der Waals surface area contributed by atoms with Crippen molar-refractivity contribution in [1.29, 1.82) is 0 Å². The van der Waals surface area contributed by atoms with Gasteiger partial charge in [-0.25, -0.2) is 0 Å². The van der Waals surface area contributed by atoms with Crippen molar-refractivity contribution in [3.8, 4) is 0 Å². The molecule has 2 rings (SSSR count). The lowest BCUT2D eigenvalue weighted by Gasteiger charge is -2.18. The van der Waals surface area contributed by atoms with Crippen molar-refractivity contribution in [2.24, 2.45) is 11.8 Å². The highest BCUT2D eigenvalue weighted by molar-refractivity contribution is 5.68. The van der Waals surface area contributed by atoms with Gasteiger partial charge in [-0.3, -0.25) is 4.79 Å². The number of aliphatic hydroxyl groups is 2. The van der Waals surface area contributed by atoms with Crippen LogP contribution < -0.4 is 0 Å². The van der Waals surface area contributed by atoms with Crippen molar-refractivity contribution in [2.45, 2.75) is 56.8 Å². The fraction of sp³-hybridized carbons (Fsp3) is 0.929. The van der Waals surface area contributed by atoms with E-state index in [4.69, 9.17) is 4.74 Å². The Hall–Kier alpha value is -0.650. The highest BCUT2D eigenvalue weighted by Crippen LogP contribution is 2.44. The number of fused-ring (bicyclic) bond motifs is 1. The molecule has 1 heterocycles. The third-order valence-electron chi connectivity index (χ3n) is 4.49. The SMILES string of the molecule is COC(=O)CCCCC1CC2C(CC(O)C2CO)O1. The van der Waals surface area contributed by atoms with Gasteiger partial charge in [-0.05, 0) is 25.2 Å². The minimum Gasteiger partial charge on any atom is -0.469 e. The first-order chi connectivity index (χ1) is 9.15. The average molecular weight is 272 g/mol. The van der Waals surface area contributed by atoms with Crippen molar-refractivity contribution in [3.63, 3.8) is 0 Å². The Balaban J connectivity index is 1.68. The van der Waals surface area contributed by atoms with E-state index in [0.717, 1.165) is 25.7 Å². The van der Waals surface area contributed by atoms with Crippen molar-refractivity contribution < 1.29 is 24.5 Å². The molecule has 5 atom stereocenters. The van der Waals surface area contributed by atoms with Gasteiger partial charge in [-0.15, -0.1) is 0 Å². The van der Waals surface area contributed by atoms with Gasteiger partial charge in [0.05, 0.1) is 25.4 Å². The van der Waals surface area contributed by atoms with Crippen LogP contribution in [0.15, 0.2) is 0 Å². The Morgan fingerprint density at radius 3 is 2.84 bits per heavy atom. The molecule has 19 heavy (non-hydrogen) atoms. The molecule has 0 amide bonds. The summed E-state index contributed by atoms with van der Waals surface area (Å²) in [5.74, 6) is 0.114. The van der Waals surface area contributed by atoms with Crippen LogP contribution >= 0.6 is 0 Å². The van der Waals surface area contributed by atoms with Gasteiger partial charge in [-0.1, -0.05) is 6.42 Å². The van der Waals surface area contributed by atoms with Crippen LogP contribution in [0.1, 0.15) is 38.5 Å². The second-order valence-electron chi connectivity index (χ2n) is 5.67. The van der Waals surface area contributed by atoms with E-state index in [9.17, 15) is 15.0 Å². The molecular weight excluding hydrogens is 248 g/mol. The molecule has 1 aliphatic carbocycles. The fourth-order valence-corrected chi connectivity index (χ4v) is 3.42. The van der Waals surface area contributed by atoms with Gasteiger partial charge in [0.15, 0.2) is 0 Å². The zero-order valence-corrected chi connectivity index (χ0v) is 11.5. The van der Waals surface area contributed by atoms with Gasteiger partial charge < -0.3 is 19.7 Å². The third kappa shape index (κ3) is 3.46. The molecule has 0 aromatic carbocycles. The van der Waals surface area contributed by atoms with Crippen LogP contribution in [0.3, 0.4) is 0 Å². The van der Waals surface area contributed by atoms with Crippen molar-refractivity contribution in [3.05, 3.63) is 0 Å². The second-order valence-corrected chi connectivity index (χ2v) is 5.67. The number of esters is 1. The minimum absolute atomic E-state index is 0.0231. The Morgan fingerprint density at radius 1 is 1.37 bits per heavy atom. The van der Waals surface area contributed by atoms with Crippen LogP contribution in [-0.4, -0.2) is 48.2 Å². The number of aliphatic hydroxyl groups excluding tert-OH is 2. The monoisotopic (exact) mass is 272 g/mol. The molecule has 0 radical (unpaired) electrons. The number of hydrogen-bond donors (Lipinski definition) is 2. The van der Waals surface area contributed by atoms with Crippen molar-refractivity contribution >= 4 is 5.97 Å². The van der Waals surface area contributed by atoms with Crippen molar-refractivity contribution in [2.75, 3.05) is 13.7 Å². The number of methoxy groups -OCH3 is 1. The average Bonchev–Trinajstić information content (AvgIpc) is 2.90. The summed E-state index contributed by atoms with van der Waals surface area (Å²) in [6.45, 7) is 0.0424. The molecule has 1 saturated heterocycles. The first-order valence-corrected chi connectivity index (χ1v) is 7.17. The minimum atomic E-state index is -0.416. The summed E-state index contributed by atoms with van der Waals surface area (Å²) in [7, 11) is 1.41. The largest absolute Gasteiger partial charge is 0.469 e. The first-order valence-electron chi connectivity index (χ1n) is 7.17. The summed E-state index contributed by atoms with van der Waals surface area (Å²) in [4.78, 5) is 11.0. The fourth-order valence-electron chi connectivity index (χ4n) is 3.42. The van der Waals surface area contributed by atoms with Crippen LogP contribution in [0.5, 0.6) is 0 Å². The molecule has 5 nitrogen and oxygen atoms in total. The number of rotatable bonds is 6. The van der Waals surface area contributed by atoms with Gasteiger partial charge in [0.1, 0.15) is 0 Å². The zero-order valence-electron chi connectivity index (χ0n) is 11.5. The molecule has 0 aromatic heterocycles. The molecule has 110 valence electrons. The summed E-state index contributed by atoms with van der Waals surface area (Å²) >= 11 is 0. The Labute approximate surface area is 113 Å². The number of unbranched alkanes of at least 4 members (excludes halogenated alkanes) is 1. The van der Waals surface area contributed by atoms with E-state index in [2.05, 4.69) is 4.74 Å². The van der Waals surface area contributed by atoms with Gasteiger partial charge in [0.25, 0.3) is 0 Å². The van der Waals surface area contributed by atoms with Gasteiger partial charge in [0.2, 0.25) is 0 Å². The molecule has 0 bridgehead atoms.